The summed E-state index contributed by atoms with van der Waals surface area (Å²) in [5.41, 5.74) is 4.69. The van der Waals surface area contributed by atoms with Crippen molar-refractivity contribution >= 4 is 11.9 Å². The number of rotatable bonds is 6. The molecule has 0 saturated heterocycles. The molecule has 6 heteroatoms. The second-order valence-corrected chi connectivity index (χ2v) is 6.55. The first-order valence-electron chi connectivity index (χ1n) is 8.99. The monoisotopic (exact) mass is 376 g/mol. The predicted molar refractivity (Wildman–Crippen MR) is 106 cm³/mol. The van der Waals surface area contributed by atoms with Crippen LogP contribution in [0.25, 0.3) is 17.3 Å². The highest BCUT2D eigenvalue weighted by atomic mass is 16.5. The average molecular weight is 376 g/mol. The number of aromatic nitrogens is 2. The number of nitrogens with one attached hydrogen (secondary N) is 1. The number of aromatic amines is 1. The Labute approximate surface area is 162 Å². The van der Waals surface area contributed by atoms with Crippen LogP contribution in [0, 0.1) is 0 Å². The number of ether oxygens (including phenoxy) is 2. The van der Waals surface area contributed by atoms with Gasteiger partial charge in [-0.15, -0.1) is 0 Å². The number of hydrogen-bond acceptors (Lipinski definition) is 5. The van der Waals surface area contributed by atoms with Crippen molar-refractivity contribution in [2.45, 2.75) is 13.0 Å². The van der Waals surface area contributed by atoms with Gasteiger partial charge in [0, 0.05) is 17.5 Å². The number of fused-ring (bicyclic) bond motifs is 1. The normalized spacial score (nSPS) is 12.8. The molecule has 6 nitrogen and oxygen atoms in total. The Hall–Kier alpha value is -3.38. The van der Waals surface area contributed by atoms with Crippen LogP contribution in [0.1, 0.15) is 27.2 Å². The molecule has 1 aromatic heterocycles. The molecule has 1 aliphatic heterocycles. The molecule has 0 radical (unpaired) electrons. The topological polar surface area (TPSA) is 84.4 Å². The van der Waals surface area contributed by atoms with E-state index < -0.39 is 0 Å². The molecule has 2 aromatic carbocycles. The minimum atomic E-state index is -0.0816. The summed E-state index contributed by atoms with van der Waals surface area (Å²) in [7, 11) is 1.58. The number of H-pyrrole nitrogens is 1. The summed E-state index contributed by atoms with van der Waals surface area (Å²) in [4.78, 5) is 12.5. The van der Waals surface area contributed by atoms with Crippen LogP contribution in [0.2, 0.25) is 0 Å². The summed E-state index contributed by atoms with van der Waals surface area (Å²) in [5, 5.41) is 16.6. The standard InChI is InChI=1S/C22H20N2O4/c1-27-19-9-14(13-25)8-17(11-19)20-12-18(23-24-20)3-4-21(26)15-2-5-22-16(10-15)6-7-28-22/h2-5,8-12,25H,6-7,13H2,1H3,(H,23,24)/b4-3+. The highest BCUT2D eigenvalue weighted by Gasteiger charge is 2.14. The Kier molecular flexibility index (Phi) is 4.95. The molecule has 2 heterocycles. The lowest BCUT2D eigenvalue weighted by molar-refractivity contribution is 0.104. The van der Waals surface area contributed by atoms with Gasteiger partial charge in [-0.25, -0.2) is 0 Å². The molecule has 1 aliphatic rings. The molecule has 2 N–H and O–H groups in total. The zero-order valence-electron chi connectivity index (χ0n) is 15.4. The first kappa shape index (κ1) is 18.0. The van der Waals surface area contributed by atoms with E-state index in [0.29, 0.717) is 29.3 Å². The Morgan fingerprint density at radius 3 is 3.00 bits per heavy atom. The predicted octanol–water partition coefficient (Wildman–Crippen LogP) is 3.41. The molecule has 0 saturated carbocycles. The second-order valence-electron chi connectivity index (χ2n) is 6.55. The number of carbonyl (C=O) groups is 1. The zero-order valence-corrected chi connectivity index (χ0v) is 15.4. The van der Waals surface area contributed by atoms with Crippen molar-refractivity contribution in [1.29, 1.82) is 0 Å². The van der Waals surface area contributed by atoms with Gasteiger partial charge in [-0.1, -0.05) is 0 Å². The van der Waals surface area contributed by atoms with Crippen molar-refractivity contribution in [2.75, 3.05) is 13.7 Å². The summed E-state index contributed by atoms with van der Waals surface area (Å²) < 4.78 is 10.7. The van der Waals surface area contributed by atoms with Gasteiger partial charge in [0.1, 0.15) is 11.5 Å². The first-order valence-corrected chi connectivity index (χ1v) is 8.99. The SMILES string of the molecule is COc1cc(CO)cc(-c2cc(/C=C/C(=O)c3ccc4c(c3)CCO4)[nH]n2)c1. The lowest BCUT2D eigenvalue weighted by atomic mass is 10.0. The van der Waals surface area contributed by atoms with E-state index in [1.54, 1.807) is 25.3 Å². The maximum absolute atomic E-state index is 12.5. The van der Waals surface area contributed by atoms with Crippen LogP contribution in [0.15, 0.2) is 48.5 Å². The van der Waals surface area contributed by atoms with Gasteiger partial charge in [0.15, 0.2) is 5.78 Å². The van der Waals surface area contributed by atoms with Crippen LogP contribution in [0.5, 0.6) is 11.5 Å². The highest BCUT2D eigenvalue weighted by molar-refractivity contribution is 6.07. The summed E-state index contributed by atoms with van der Waals surface area (Å²) >= 11 is 0. The van der Waals surface area contributed by atoms with Gasteiger partial charge in [-0.2, -0.15) is 5.10 Å². The molecule has 4 rings (SSSR count). The van der Waals surface area contributed by atoms with Crippen LogP contribution in [-0.4, -0.2) is 34.8 Å². The van der Waals surface area contributed by atoms with Gasteiger partial charge in [-0.3, -0.25) is 9.89 Å². The molecule has 0 spiro atoms. The second kappa shape index (κ2) is 7.70. The first-order chi connectivity index (χ1) is 13.7. The quantitative estimate of drug-likeness (QED) is 0.509. The fraction of sp³-hybridized carbons (Fsp3) is 0.182. The molecule has 0 atom stereocenters. The number of hydrogen-bond donors (Lipinski definition) is 2. The molecule has 142 valence electrons. The number of nitrogens with zero attached hydrogens (tertiary/aromatic N) is 1. The molecule has 0 aliphatic carbocycles. The van der Waals surface area contributed by atoms with Gasteiger partial charge in [0.2, 0.25) is 0 Å². The van der Waals surface area contributed by atoms with Crippen molar-refractivity contribution in [3.63, 3.8) is 0 Å². The van der Waals surface area contributed by atoms with E-state index in [0.717, 1.165) is 28.9 Å². The maximum Gasteiger partial charge on any atom is 0.185 e. The number of benzene rings is 2. The lowest BCUT2D eigenvalue weighted by Crippen LogP contribution is -1.95. The maximum atomic E-state index is 12.5. The van der Waals surface area contributed by atoms with E-state index >= 15 is 0 Å². The number of methoxy groups -OCH3 is 1. The van der Waals surface area contributed by atoms with E-state index in [2.05, 4.69) is 10.2 Å². The molecule has 0 unspecified atom stereocenters. The Morgan fingerprint density at radius 2 is 2.18 bits per heavy atom. The van der Waals surface area contributed by atoms with Crippen molar-refractivity contribution in [3.8, 4) is 22.8 Å². The third kappa shape index (κ3) is 3.68. The van der Waals surface area contributed by atoms with Crippen LogP contribution < -0.4 is 9.47 Å². The van der Waals surface area contributed by atoms with Gasteiger partial charge in [-0.05, 0) is 65.7 Å². The van der Waals surface area contributed by atoms with Gasteiger partial charge < -0.3 is 14.6 Å². The van der Waals surface area contributed by atoms with Crippen LogP contribution >= 0.6 is 0 Å². The van der Waals surface area contributed by atoms with Gasteiger partial charge in [0.05, 0.1) is 31.7 Å². The summed E-state index contributed by atoms with van der Waals surface area (Å²) in [6, 6.07) is 12.8. The molecule has 3 aromatic rings. The smallest absolute Gasteiger partial charge is 0.185 e. The van der Waals surface area contributed by atoms with Crippen LogP contribution in [0.3, 0.4) is 0 Å². The van der Waals surface area contributed by atoms with Crippen molar-refractivity contribution in [3.05, 3.63) is 70.9 Å². The number of ketones is 1. The molecular formula is C22H20N2O4. The molecule has 28 heavy (non-hydrogen) atoms. The minimum Gasteiger partial charge on any atom is -0.497 e. The van der Waals surface area contributed by atoms with E-state index in [9.17, 15) is 9.90 Å². The Balaban J connectivity index is 1.52. The fourth-order valence-corrected chi connectivity index (χ4v) is 3.19. The molecule has 0 fully saturated rings. The Bertz CT molecular complexity index is 1030. The summed E-state index contributed by atoms with van der Waals surface area (Å²) in [6.07, 6.45) is 4.07. The molecular weight excluding hydrogens is 356 g/mol. The molecule has 0 amide bonds. The lowest BCUT2D eigenvalue weighted by Gasteiger charge is -2.05. The Morgan fingerprint density at radius 1 is 1.29 bits per heavy atom. The number of carbonyl (C=O) groups excluding carboxylic acids is 1. The third-order valence-electron chi connectivity index (χ3n) is 4.67. The fourth-order valence-electron chi connectivity index (χ4n) is 3.19. The minimum absolute atomic E-state index is 0.0743. The van der Waals surface area contributed by atoms with E-state index in [1.165, 1.54) is 6.08 Å². The van der Waals surface area contributed by atoms with E-state index in [1.807, 2.05) is 30.3 Å². The number of allylic oxidation sites excluding steroid dienone is 1. The average Bonchev–Trinajstić information content (AvgIpc) is 3.40. The third-order valence-corrected chi connectivity index (χ3v) is 4.67. The van der Waals surface area contributed by atoms with Crippen LogP contribution in [-0.2, 0) is 13.0 Å². The van der Waals surface area contributed by atoms with Crippen molar-refractivity contribution in [1.82, 2.24) is 10.2 Å². The highest BCUT2D eigenvalue weighted by Crippen LogP contribution is 2.27. The van der Waals surface area contributed by atoms with Crippen molar-refractivity contribution < 1.29 is 19.4 Å². The number of aliphatic hydroxyl groups is 1. The summed E-state index contributed by atoms with van der Waals surface area (Å²) in [6.45, 7) is 0.587. The zero-order chi connectivity index (χ0) is 19.5. The van der Waals surface area contributed by atoms with E-state index in [4.69, 9.17) is 9.47 Å². The van der Waals surface area contributed by atoms with Crippen molar-refractivity contribution in [2.24, 2.45) is 0 Å². The van der Waals surface area contributed by atoms with E-state index in [-0.39, 0.29) is 12.4 Å². The van der Waals surface area contributed by atoms with Crippen LogP contribution in [0.4, 0.5) is 0 Å². The molecule has 0 bridgehead atoms. The van der Waals surface area contributed by atoms with Gasteiger partial charge in [0.25, 0.3) is 0 Å². The van der Waals surface area contributed by atoms with Gasteiger partial charge >= 0.3 is 0 Å². The summed E-state index contributed by atoms with van der Waals surface area (Å²) in [5.74, 6) is 1.44. The number of aliphatic hydroxyl groups excluding tert-OH is 1. The largest absolute Gasteiger partial charge is 0.497 e.